The lowest BCUT2D eigenvalue weighted by Crippen LogP contribution is -2.38. The maximum Gasteiger partial charge on any atom is 0.237 e. The molecule has 2 aromatic rings. The molecule has 138 valence electrons. The molecular weight excluding hydrogens is 361 g/mol. The van der Waals surface area contributed by atoms with Crippen LogP contribution in [0.1, 0.15) is 16.5 Å². The van der Waals surface area contributed by atoms with E-state index in [1.54, 1.807) is 40.7 Å². The van der Waals surface area contributed by atoms with Crippen LogP contribution in [0.5, 0.6) is 0 Å². The van der Waals surface area contributed by atoms with E-state index in [2.05, 4.69) is 0 Å². The first-order chi connectivity index (χ1) is 12.5. The highest BCUT2D eigenvalue weighted by Crippen LogP contribution is 2.37. The first kappa shape index (κ1) is 18.8. The van der Waals surface area contributed by atoms with Gasteiger partial charge >= 0.3 is 0 Å². The highest BCUT2D eigenvalue weighted by Gasteiger charge is 2.31. The average Bonchev–Trinajstić information content (AvgIpc) is 3.09. The normalized spacial score (nSPS) is 17.1. The van der Waals surface area contributed by atoms with Crippen LogP contribution in [0.4, 0.5) is 13.2 Å². The van der Waals surface area contributed by atoms with Gasteiger partial charge in [0.05, 0.1) is 6.54 Å². The second kappa shape index (κ2) is 8.14. The number of benzene rings is 2. The van der Waals surface area contributed by atoms with Crippen molar-refractivity contribution in [2.45, 2.75) is 11.9 Å². The van der Waals surface area contributed by atoms with Crippen LogP contribution in [0.2, 0.25) is 0 Å². The van der Waals surface area contributed by atoms with Crippen LogP contribution >= 0.6 is 11.8 Å². The number of carbonyl (C=O) groups is 1. The Morgan fingerprint density at radius 1 is 1.15 bits per heavy atom. The molecule has 7 heteroatoms. The van der Waals surface area contributed by atoms with Crippen LogP contribution in [0.3, 0.4) is 0 Å². The predicted molar refractivity (Wildman–Crippen MR) is 96.0 cm³/mol. The van der Waals surface area contributed by atoms with Gasteiger partial charge in [-0.25, -0.2) is 13.2 Å². The highest BCUT2D eigenvalue weighted by molar-refractivity contribution is 7.99. The number of nitrogens with zero attached hydrogens (tertiary/aromatic N) is 2. The van der Waals surface area contributed by atoms with Crippen LogP contribution in [0.15, 0.2) is 42.5 Å². The minimum absolute atomic E-state index is 0.00639. The molecule has 1 aliphatic rings. The van der Waals surface area contributed by atoms with Gasteiger partial charge in [-0.15, -0.1) is 11.8 Å². The third-order valence-electron chi connectivity index (χ3n) is 4.26. The fourth-order valence-electron chi connectivity index (χ4n) is 2.96. The molecule has 0 spiro atoms. The van der Waals surface area contributed by atoms with Crippen LogP contribution in [0.25, 0.3) is 0 Å². The quantitative estimate of drug-likeness (QED) is 0.788. The van der Waals surface area contributed by atoms with Crippen molar-refractivity contribution in [3.8, 4) is 0 Å². The summed E-state index contributed by atoms with van der Waals surface area (Å²) in [5, 5.41) is -0.165. The number of amides is 1. The first-order valence-corrected chi connectivity index (χ1v) is 9.28. The van der Waals surface area contributed by atoms with Crippen molar-refractivity contribution < 1.29 is 18.0 Å². The van der Waals surface area contributed by atoms with Crippen molar-refractivity contribution in [2.75, 3.05) is 25.9 Å². The Kier molecular flexibility index (Phi) is 5.88. The summed E-state index contributed by atoms with van der Waals surface area (Å²) >= 11 is 1.62. The Morgan fingerprint density at radius 3 is 2.46 bits per heavy atom. The van der Waals surface area contributed by atoms with Gasteiger partial charge in [0.1, 0.15) is 22.8 Å². The highest BCUT2D eigenvalue weighted by atomic mass is 32.2. The zero-order chi connectivity index (χ0) is 18.7. The molecule has 3 rings (SSSR count). The molecule has 1 unspecified atom stereocenters. The van der Waals surface area contributed by atoms with Gasteiger partial charge in [-0.1, -0.05) is 18.2 Å². The molecule has 1 fully saturated rings. The summed E-state index contributed by atoms with van der Waals surface area (Å²) in [5.41, 5.74) is 0.818. The van der Waals surface area contributed by atoms with E-state index in [1.807, 2.05) is 0 Å². The number of rotatable bonds is 5. The molecule has 1 atom stereocenters. The van der Waals surface area contributed by atoms with Gasteiger partial charge < -0.3 is 4.90 Å². The summed E-state index contributed by atoms with van der Waals surface area (Å²) in [6.45, 7) is 0.645. The number of likely N-dealkylation sites (N-methyl/N-ethyl adjacent to an activating group) is 1. The molecule has 26 heavy (non-hydrogen) atoms. The van der Waals surface area contributed by atoms with Crippen LogP contribution in [-0.4, -0.2) is 41.6 Å². The molecule has 0 radical (unpaired) electrons. The molecule has 1 saturated heterocycles. The Hall–Kier alpha value is -1.99. The average molecular weight is 380 g/mol. The van der Waals surface area contributed by atoms with E-state index >= 15 is 0 Å². The molecule has 1 heterocycles. The summed E-state index contributed by atoms with van der Waals surface area (Å²) < 4.78 is 40.7. The predicted octanol–water partition coefficient (Wildman–Crippen LogP) is 3.81. The second-order valence-electron chi connectivity index (χ2n) is 6.23. The molecule has 0 bridgehead atoms. The second-order valence-corrected chi connectivity index (χ2v) is 7.42. The minimum Gasteiger partial charge on any atom is -0.325 e. The zero-order valence-corrected chi connectivity index (χ0v) is 15.1. The van der Waals surface area contributed by atoms with E-state index in [-0.39, 0.29) is 35.8 Å². The van der Waals surface area contributed by atoms with Crippen molar-refractivity contribution in [1.82, 2.24) is 9.80 Å². The molecule has 0 N–H and O–H groups in total. The van der Waals surface area contributed by atoms with Crippen molar-refractivity contribution in [3.05, 3.63) is 71.0 Å². The fourth-order valence-corrected chi connectivity index (χ4v) is 4.24. The Labute approximate surface area is 154 Å². The van der Waals surface area contributed by atoms with E-state index < -0.39 is 11.6 Å². The summed E-state index contributed by atoms with van der Waals surface area (Å²) in [7, 11) is 1.65. The minimum atomic E-state index is -0.620. The monoisotopic (exact) mass is 380 g/mol. The molecule has 0 saturated carbocycles. The summed E-state index contributed by atoms with van der Waals surface area (Å²) in [6, 6.07) is 9.83. The van der Waals surface area contributed by atoms with Gasteiger partial charge in [0, 0.05) is 24.4 Å². The van der Waals surface area contributed by atoms with Gasteiger partial charge in [0.15, 0.2) is 0 Å². The lowest BCUT2D eigenvalue weighted by molar-refractivity contribution is -0.132. The van der Waals surface area contributed by atoms with Crippen molar-refractivity contribution in [3.63, 3.8) is 0 Å². The van der Waals surface area contributed by atoms with Gasteiger partial charge in [-0.3, -0.25) is 9.69 Å². The Morgan fingerprint density at radius 2 is 1.81 bits per heavy atom. The third kappa shape index (κ3) is 4.22. The van der Waals surface area contributed by atoms with E-state index in [0.29, 0.717) is 6.54 Å². The lowest BCUT2D eigenvalue weighted by atomic mass is 10.2. The maximum absolute atomic E-state index is 13.8. The molecular formula is C19H19F3N2OS. The molecule has 0 aliphatic carbocycles. The smallest absolute Gasteiger partial charge is 0.237 e. The largest absolute Gasteiger partial charge is 0.325 e. The van der Waals surface area contributed by atoms with Crippen molar-refractivity contribution in [1.29, 1.82) is 0 Å². The van der Waals surface area contributed by atoms with Gasteiger partial charge in [-0.05, 0) is 36.9 Å². The lowest BCUT2D eigenvalue weighted by Gasteiger charge is -2.26. The van der Waals surface area contributed by atoms with E-state index in [9.17, 15) is 18.0 Å². The molecule has 1 aliphatic heterocycles. The fraction of sp³-hybridized carbons (Fsp3) is 0.316. The number of thioether (sulfide) groups is 1. The topological polar surface area (TPSA) is 23.6 Å². The first-order valence-electron chi connectivity index (χ1n) is 8.23. The van der Waals surface area contributed by atoms with E-state index in [4.69, 9.17) is 0 Å². The van der Waals surface area contributed by atoms with Crippen LogP contribution in [-0.2, 0) is 11.3 Å². The molecule has 3 nitrogen and oxygen atoms in total. The third-order valence-corrected chi connectivity index (χ3v) is 5.52. The summed E-state index contributed by atoms with van der Waals surface area (Å²) in [5.74, 6) is -0.889. The number of hydrogen-bond donors (Lipinski definition) is 0. The van der Waals surface area contributed by atoms with E-state index in [1.165, 1.54) is 30.3 Å². The zero-order valence-electron chi connectivity index (χ0n) is 14.3. The van der Waals surface area contributed by atoms with Crippen molar-refractivity contribution in [2.24, 2.45) is 0 Å². The summed E-state index contributed by atoms with van der Waals surface area (Å²) in [4.78, 5) is 16.0. The van der Waals surface area contributed by atoms with Gasteiger partial charge in [0.25, 0.3) is 0 Å². The standard InChI is InChI=1S/C19H19F3N2OS/c1-23(11-15-16(21)3-2-4-17(15)22)12-18(25)24-9-10-26-19(24)13-5-7-14(20)8-6-13/h2-8,19H,9-12H2,1H3. The Bertz CT molecular complexity index is 765. The number of hydrogen-bond acceptors (Lipinski definition) is 3. The number of carbonyl (C=O) groups excluding carboxylic acids is 1. The molecule has 2 aromatic carbocycles. The van der Waals surface area contributed by atoms with Crippen LogP contribution in [0, 0.1) is 17.5 Å². The van der Waals surface area contributed by atoms with E-state index in [0.717, 1.165) is 11.3 Å². The summed E-state index contributed by atoms with van der Waals surface area (Å²) in [6.07, 6.45) is 0. The van der Waals surface area contributed by atoms with Crippen molar-refractivity contribution >= 4 is 17.7 Å². The molecule has 1 amide bonds. The number of halogens is 3. The van der Waals surface area contributed by atoms with Gasteiger partial charge in [0.2, 0.25) is 5.91 Å². The van der Waals surface area contributed by atoms with Gasteiger partial charge in [-0.2, -0.15) is 0 Å². The SMILES string of the molecule is CN(CC(=O)N1CCSC1c1ccc(F)cc1)Cc1c(F)cccc1F. The van der Waals surface area contributed by atoms with Crippen LogP contribution < -0.4 is 0 Å². The Balaban J connectivity index is 1.66. The maximum atomic E-state index is 13.8. The molecule has 0 aromatic heterocycles.